The first kappa shape index (κ1) is 15.5. The number of halogens is 1. The zero-order valence-corrected chi connectivity index (χ0v) is 13.3. The van der Waals surface area contributed by atoms with E-state index in [1.807, 2.05) is 25.1 Å². The van der Waals surface area contributed by atoms with E-state index < -0.39 is 0 Å². The van der Waals surface area contributed by atoms with Gasteiger partial charge in [-0.1, -0.05) is 31.5 Å². The molecule has 112 valence electrons. The summed E-state index contributed by atoms with van der Waals surface area (Å²) in [5.41, 5.74) is 1.84. The second-order valence-electron chi connectivity index (χ2n) is 5.31. The highest BCUT2D eigenvalue weighted by molar-refractivity contribution is 6.31. The van der Waals surface area contributed by atoms with Gasteiger partial charge in [0.15, 0.2) is 5.82 Å². The number of anilines is 3. The van der Waals surface area contributed by atoms with Crippen molar-refractivity contribution in [3.63, 3.8) is 0 Å². The molecule has 0 bridgehead atoms. The Morgan fingerprint density at radius 3 is 2.86 bits per heavy atom. The number of benzene rings is 1. The van der Waals surface area contributed by atoms with Gasteiger partial charge in [-0.2, -0.15) is 10.1 Å². The maximum Gasteiger partial charge on any atom is 0.249 e. The number of hydrogen-bond acceptors (Lipinski definition) is 5. The number of nitrogens with one attached hydrogen (secondary N) is 2. The highest BCUT2D eigenvalue weighted by Gasteiger charge is 2.05. The molecule has 1 aromatic carbocycles. The number of rotatable bonds is 6. The molecule has 0 aliphatic rings. The highest BCUT2D eigenvalue weighted by Crippen LogP contribution is 2.24. The third kappa shape index (κ3) is 4.56. The van der Waals surface area contributed by atoms with Crippen molar-refractivity contribution in [3.8, 4) is 0 Å². The van der Waals surface area contributed by atoms with Crippen LogP contribution in [0, 0.1) is 12.8 Å². The van der Waals surface area contributed by atoms with Gasteiger partial charge in [-0.15, -0.1) is 5.10 Å². The molecule has 0 aliphatic carbocycles. The van der Waals surface area contributed by atoms with Crippen molar-refractivity contribution in [3.05, 3.63) is 35.0 Å². The van der Waals surface area contributed by atoms with E-state index in [-0.39, 0.29) is 0 Å². The van der Waals surface area contributed by atoms with E-state index >= 15 is 0 Å². The second kappa shape index (κ2) is 7.22. The summed E-state index contributed by atoms with van der Waals surface area (Å²) < 4.78 is 0. The van der Waals surface area contributed by atoms with Crippen molar-refractivity contribution < 1.29 is 0 Å². The fourth-order valence-corrected chi connectivity index (χ4v) is 1.97. The average Bonchev–Trinajstić information content (AvgIpc) is 2.44. The predicted octanol–water partition coefficient (Wildman–Crippen LogP) is 4.04. The summed E-state index contributed by atoms with van der Waals surface area (Å²) in [7, 11) is 0. The molecule has 0 fully saturated rings. The van der Waals surface area contributed by atoms with Crippen molar-refractivity contribution in [2.45, 2.75) is 27.2 Å². The lowest BCUT2D eigenvalue weighted by atomic mass is 10.1. The molecule has 1 aromatic heterocycles. The van der Waals surface area contributed by atoms with E-state index in [9.17, 15) is 0 Å². The summed E-state index contributed by atoms with van der Waals surface area (Å²) in [5.74, 6) is 1.82. The molecular formula is C15H20ClN5. The molecule has 21 heavy (non-hydrogen) atoms. The molecule has 0 atom stereocenters. The molecule has 0 radical (unpaired) electrons. The minimum Gasteiger partial charge on any atom is -0.369 e. The Hall–Kier alpha value is -1.88. The minimum atomic E-state index is 0.454. The Labute approximate surface area is 130 Å². The SMILES string of the molecule is Cc1c(Cl)cccc1Nc1nncc(NCCC(C)C)n1. The molecule has 0 saturated carbocycles. The maximum absolute atomic E-state index is 6.10. The van der Waals surface area contributed by atoms with Gasteiger partial charge in [0.05, 0.1) is 6.20 Å². The van der Waals surface area contributed by atoms with Crippen LogP contribution in [0.15, 0.2) is 24.4 Å². The zero-order valence-electron chi connectivity index (χ0n) is 12.5. The van der Waals surface area contributed by atoms with E-state index in [0.29, 0.717) is 22.7 Å². The lowest BCUT2D eigenvalue weighted by Gasteiger charge is -2.10. The Bertz CT molecular complexity index is 600. The summed E-state index contributed by atoms with van der Waals surface area (Å²) in [6, 6.07) is 5.67. The third-order valence-corrected chi connectivity index (χ3v) is 3.51. The Morgan fingerprint density at radius 2 is 2.10 bits per heavy atom. The van der Waals surface area contributed by atoms with Crippen molar-refractivity contribution in [1.82, 2.24) is 15.2 Å². The summed E-state index contributed by atoms with van der Waals surface area (Å²) >= 11 is 6.10. The fourth-order valence-electron chi connectivity index (χ4n) is 1.79. The Balaban J connectivity index is 2.05. The highest BCUT2D eigenvalue weighted by atomic mass is 35.5. The van der Waals surface area contributed by atoms with Crippen LogP contribution in [0.5, 0.6) is 0 Å². The first-order valence-corrected chi connectivity index (χ1v) is 7.40. The summed E-state index contributed by atoms with van der Waals surface area (Å²) in [4.78, 5) is 4.40. The predicted molar refractivity (Wildman–Crippen MR) is 87.2 cm³/mol. The normalized spacial score (nSPS) is 10.7. The van der Waals surface area contributed by atoms with E-state index in [0.717, 1.165) is 24.2 Å². The maximum atomic E-state index is 6.10. The quantitative estimate of drug-likeness (QED) is 0.843. The van der Waals surface area contributed by atoms with Crippen LogP contribution in [0.2, 0.25) is 5.02 Å². The van der Waals surface area contributed by atoms with E-state index in [2.05, 4.69) is 39.7 Å². The Kier molecular flexibility index (Phi) is 5.33. The van der Waals surface area contributed by atoms with Gasteiger partial charge in [0.25, 0.3) is 0 Å². The third-order valence-electron chi connectivity index (χ3n) is 3.10. The van der Waals surface area contributed by atoms with E-state index in [4.69, 9.17) is 11.6 Å². The van der Waals surface area contributed by atoms with Crippen LogP contribution in [0.25, 0.3) is 0 Å². The van der Waals surface area contributed by atoms with Gasteiger partial charge in [0.1, 0.15) is 0 Å². The minimum absolute atomic E-state index is 0.454. The standard InChI is InChI=1S/C15H20ClN5/c1-10(2)7-8-17-14-9-18-21-15(20-14)19-13-6-4-5-12(16)11(13)3/h4-6,9-10H,7-8H2,1-3H3,(H2,17,19,20,21). The van der Waals surface area contributed by atoms with Crippen LogP contribution in [-0.2, 0) is 0 Å². The average molecular weight is 306 g/mol. The lowest BCUT2D eigenvalue weighted by molar-refractivity contribution is 0.606. The molecule has 2 aromatic rings. The van der Waals surface area contributed by atoms with Crippen LogP contribution in [0.1, 0.15) is 25.8 Å². The van der Waals surface area contributed by atoms with Crippen LogP contribution in [0.3, 0.4) is 0 Å². The largest absolute Gasteiger partial charge is 0.369 e. The molecule has 1 heterocycles. The number of nitrogens with zero attached hydrogens (tertiary/aromatic N) is 3. The molecule has 6 heteroatoms. The Morgan fingerprint density at radius 1 is 1.29 bits per heavy atom. The van der Waals surface area contributed by atoms with Gasteiger partial charge < -0.3 is 10.6 Å². The van der Waals surface area contributed by atoms with Gasteiger partial charge in [0.2, 0.25) is 5.95 Å². The molecule has 2 rings (SSSR count). The topological polar surface area (TPSA) is 62.7 Å². The van der Waals surface area contributed by atoms with Crippen molar-refractivity contribution in [1.29, 1.82) is 0 Å². The van der Waals surface area contributed by atoms with Crippen LogP contribution >= 0.6 is 11.6 Å². The summed E-state index contributed by atoms with van der Waals surface area (Å²) in [5, 5.41) is 15.1. The fraction of sp³-hybridized carbons (Fsp3) is 0.400. The monoisotopic (exact) mass is 305 g/mol. The molecule has 0 aliphatic heterocycles. The lowest BCUT2D eigenvalue weighted by Crippen LogP contribution is -2.08. The van der Waals surface area contributed by atoms with E-state index in [1.54, 1.807) is 6.20 Å². The molecule has 0 unspecified atom stereocenters. The summed E-state index contributed by atoms with van der Waals surface area (Å²) in [6.07, 6.45) is 2.70. The summed E-state index contributed by atoms with van der Waals surface area (Å²) in [6.45, 7) is 7.19. The van der Waals surface area contributed by atoms with Gasteiger partial charge in [-0.3, -0.25) is 0 Å². The van der Waals surface area contributed by atoms with Gasteiger partial charge >= 0.3 is 0 Å². The van der Waals surface area contributed by atoms with E-state index in [1.165, 1.54) is 0 Å². The first-order valence-electron chi connectivity index (χ1n) is 7.02. The molecule has 5 nitrogen and oxygen atoms in total. The molecular weight excluding hydrogens is 286 g/mol. The smallest absolute Gasteiger partial charge is 0.249 e. The molecule has 0 spiro atoms. The van der Waals surface area contributed by atoms with Crippen LogP contribution in [-0.4, -0.2) is 21.7 Å². The van der Waals surface area contributed by atoms with Gasteiger partial charge in [-0.25, -0.2) is 0 Å². The van der Waals surface area contributed by atoms with Gasteiger partial charge in [-0.05, 0) is 37.0 Å². The molecule has 0 amide bonds. The van der Waals surface area contributed by atoms with Crippen molar-refractivity contribution in [2.75, 3.05) is 17.2 Å². The van der Waals surface area contributed by atoms with Crippen LogP contribution < -0.4 is 10.6 Å². The number of hydrogen-bond donors (Lipinski definition) is 2. The van der Waals surface area contributed by atoms with Gasteiger partial charge in [0, 0.05) is 17.3 Å². The second-order valence-corrected chi connectivity index (χ2v) is 5.72. The van der Waals surface area contributed by atoms with Crippen molar-refractivity contribution >= 4 is 29.1 Å². The first-order chi connectivity index (χ1) is 10.1. The molecule has 0 saturated heterocycles. The van der Waals surface area contributed by atoms with Crippen molar-refractivity contribution in [2.24, 2.45) is 5.92 Å². The molecule has 2 N–H and O–H groups in total. The van der Waals surface area contributed by atoms with Crippen LogP contribution in [0.4, 0.5) is 17.5 Å². The number of aromatic nitrogens is 3. The zero-order chi connectivity index (χ0) is 15.2.